The highest BCUT2D eigenvalue weighted by molar-refractivity contribution is 6.43. The van der Waals surface area contributed by atoms with Gasteiger partial charge in [-0.3, -0.25) is 9.97 Å². The number of anilines is 3. The second kappa shape index (κ2) is 26.9. The quantitative estimate of drug-likeness (QED) is 0.0488. The van der Waals surface area contributed by atoms with Gasteiger partial charge in [-0.15, -0.1) is 0 Å². The van der Waals surface area contributed by atoms with Crippen molar-refractivity contribution in [2.24, 2.45) is 0 Å². The first-order chi connectivity index (χ1) is 35.3. The van der Waals surface area contributed by atoms with Crippen molar-refractivity contribution < 1.29 is 60.3 Å². The van der Waals surface area contributed by atoms with Gasteiger partial charge in [-0.2, -0.15) is 13.2 Å². The van der Waals surface area contributed by atoms with E-state index in [1.165, 1.54) is 43.8 Å². The lowest BCUT2D eigenvalue weighted by atomic mass is 10.1. The summed E-state index contributed by atoms with van der Waals surface area (Å²) in [6.45, 7) is 22.8. The van der Waals surface area contributed by atoms with Gasteiger partial charge in [-0.25, -0.2) is 28.1 Å². The summed E-state index contributed by atoms with van der Waals surface area (Å²) in [4.78, 5) is 38.0. The van der Waals surface area contributed by atoms with Crippen LogP contribution in [0.2, 0.25) is 25.1 Å². The number of rotatable bonds is 8. The predicted octanol–water partition coefficient (Wildman–Crippen LogP) is 14.5. The minimum Gasteiger partial charge on any atom is -0.493 e. The summed E-state index contributed by atoms with van der Waals surface area (Å²) < 4.78 is 87.5. The highest BCUT2D eigenvalue weighted by Crippen LogP contribution is 2.43. The number of likely N-dealkylation sites (tertiary alicyclic amines) is 1. The number of nitrogens with zero attached hydrogens (tertiary/aromatic N) is 5. The lowest BCUT2D eigenvalue weighted by Gasteiger charge is -2.39. The number of pyridine rings is 2. The smallest absolute Gasteiger partial charge is 0.490 e. The van der Waals surface area contributed by atoms with Gasteiger partial charge in [0.25, 0.3) is 0 Å². The fourth-order valence-corrected chi connectivity index (χ4v) is 7.57. The zero-order valence-electron chi connectivity index (χ0n) is 40.1. The molecule has 4 aromatic carbocycles. The van der Waals surface area contributed by atoms with Crippen LogP contribution in [-0.2, 0) is 9.53 Å². The van der Waals surface area contributed by atoms with E-state index >= 15 is 0 Å². The molecular formula is C50H48Cl5F5N8O8. The largest absolute Gasteiger partial charge is 0.493 e. The van der Waals surface area contributed by atoms with Crippen LogP contribution >= 0.6 is 58.0 Å². The highest BCUT2D eigenvalue weighted by Gasteiger charge is 2.38. The number of carbonyl (C=O) groups excluding carboxylic acids is 1. The number of nitrogens with one attached hydrogen (secondary N) is 2. The minimum atomic E-state index is -5.08. The van der Waals surface area contributed by atoms with E-state index in [1.807, 2.05) is 20.8 Å². The molecule has 0 aliphatic carbocycles. The Hall–Kier alpha value is -6.72. The van der Waals surface area contributed by atoms with Gasteiger partial charge in [0.1, 0.15) is 17.8 Å². The Kier molecular flexibility index (Phi) is 21.8. The van der Waals surface area contributed by atoms with Gasteiger partial charge in [0, 0.05) is 35.3 Å². The standard InChI is InChI=1S/C22H19Cl2FN4O2.C19H20ClN3O4.C6H4Cl2FN.C2HF3O2.CH4/c1-26-17-11-28-16-10-18(30-2)19(31-12-5-7-27-8-6-12)9-13(16)22(17)29-15-4-3-14(23)20(24)21(15)25;1-19(2,3)27-18(24)23-9-11(10-23)26-16-6-12-13(7-15(16)25-5)22-8-14(21-4)17(12)20;7-3-1-2-4(10)6(9)5(3)8;3-2(4,5)1(6)7;/h3-4,9-12,27H,5-8H2,2H3,(H,28,29);6-8,11H,9-10H2,1-3,5H3;1-2H,10H2;(H,6,7);1H4. The van der Waals surface area contributed by atoms with Gasteiger partial charge >= 0.3 is 18.2 Å². The number of hydrogen-bond acceptors (Lipinski definition) is 12. The van der Waals surface area contributed by atoms with Crippen LogP contribution in [0.25, 0.3) is 31.5 Å². The number of aliphatic carboxylic acids is 1. The third-order valence-electron chi connectivity index (χ3n) is 10.4. The summed E-state index contributed by atoms with van der Waals surface area (Å²) in [5.41, 5.74) is 6.84. The van der Waals surface area contributed by atoms with Gasteiger partial charge in [-0.05, 0) is 83.1 Å². The number of methoxy groups -OCH3 is 2. The number of halogens is 10. The number of nitrogen functional groups attached to an aromatic ring is 1. The Morgan fingerprint density at radius 3 is 1.75 bits per heavy atom. The Bertz CT molecular complexity index is 3140. The van der Waals surface area contributed by atoms with Crippen LogP contribution in [0.5, 0.6) is 23.0 Å². The van der Waals surface area contributed by atoms with Crippen molar-refractivity contribution in [2.45, 2.75) is 65.0 Å². The molecule has 8 rings (SSSR count). The molecule has 406 valence electrons. The Balaban J connectivity index is 0.000000251. The number of nitrogens with two attached hydrogens (primary N) is 1. The third kappa shape index (κ3) is 15.9. The Morgan fingerprint density at radius 2 is 1.25 bits per heavy atom. The van der Waals surface area contributed by atoms with Gasteiger partial charge < -0.3 is 50.1 Å². The molecule has 0 spiro atoms. The van der Waals surface area contributed by atoms with Crippen molar-refractivity contribution in [1.82, 2.24) is 20.2 Å². The first-order valence-corrected chi connectivity index (χ1v) is 23.7. The van der Waals surface area contributed by atoms with E-state index in [0.717, 1.165) is 25.9 Å². The molecule has 2 aliphatic rings. The van der Waals surface area contributed by atoms with Crippen molar-refractivity contribution in [3.8, 4) is 23.0 Å². The number of fused-ring (bicyclic) bond motifs is 2. The van der Waals surface area contributed by atoms with E-state index in [2.05, 4.69) is 30.3 Å². The van der Waals surface area contributed by atoms with E-state index in [-0.39, 0.29) is 68.6 Å². The van der Waals surface area contributed by atoms with E-state index < -0.39 is 29.4 Å². The topological polar surface area (TPSA) is 188 Å². The SMILES string of the molecule is C.Nc1ccc(Cl)c(Cl)c1F.O=C(O)C(F)(F)F.[C-]#[N+]c1cnc2cc(OC)c(OC3CCNCC3)cc2c1Nc1ccc(Cl)c(Cl)c1F.[C-]#[N+]c1cnc2cc(OC)c(OC3CN(C(=O)OC(C)(C)C)C3)cc2c1Cl. The molecule has 0 saturated carbocycles. The second-order valence-corrected chi connectivity index (χ2v) is 18.8. The van der Waals surface area contributed by atoms with Crippen LogP contribution in [0.3, 0.4) is 0 Å². The van der Waals surface area contributed by atoms with Crippen molar-refractivity contribution in [3.05, 3.63) is 121 Å². The minimum absolute atomic E-state index is 0. The van der Waals surface area contributed by atoms with Gasteiger partial charge in [0.2, 0.25) is 11.4 Å². The molecule has 2 aromatic heterocycles. The maximum Gasteiger partial charge on any atom is 0.490 e. The number of carboxylic acid groups (broad SMARTS) is 1. The van der Waals surface area contributed by atoms with Crippen LogP contribution in [-0.4, -0.2) is 96.4 Å². The fraction of sp³-hybridized carbons (Fsp3) is 0.320. The van der Waals surface area contributed by atoms with Gasteiger partial charge in [-0.1, -0.05) is 65.4 Å². The van der Waals surface area contributed by atoms with Crippen molar-refractivity contribution in [1.29, 1.82) is 0 Å². The lowest BCUT2D eigenvalue weighted by Crippen LogP contribution is -2.57. The van der Waals surface area contributed by atoms with Crippen molar-refractivity contribution in [3.63, 3.8) is 0 Å². The summed E-state index contributed by atoms with van der Waals surface area (Å²) in [5, 5.41) is 14.9. The Morgan fingerprint density at radius 1 is 0.763 bits per heavy atom. The molecule has 2 aliphatic heterocycles. The van der Waals surface area contributed by atoms with Crippen LogP contribution in [0.4, 0.5) is 55.2 Å². The number of amides is 1. The summed E-state index contributed by atoms with van der Waals surface area (Å²) in [6, 6.07) is 12.7. The highest BCUT2D eigenvalue weighted by atomic mass is 35.5. The molecule has 16 nitrogen and oxygen atoms in total. The molecule has 1 amide bonds. The first kappa shape index (κ1) is 61.8. The van der Waals surface area contributed by atoms with Gasteiger partial charge in [0.05, 0.1) is 93.7 Å². The number of carbonyl (C=O) groups is 2. The zero-order valence-corrected chi connectivity index (χ0v) is 43.8. The Labute approximate surface area is 458 Å². The number of carboxylic acids is 1. The summed E-state index contributed by atoms with van der Waals surface area (Å²) in [7, 11) is 3.10. The molecule has 0 unspecified atom stereocenters. The van der Waals surface area contributed by atoms with E-state index in [4.69, 9.17) is 110 Å². The summed E-state index contributed by atoms with van der Waals surface area (Å²) >= 11 is 29.0. The average molecular weight is 1160 g/mol. The number of piperidine rings is 1. The first-order valence-electron chi connectivity index (χ1n) is 21.8. The molecule has 0 atom stereocenters. The molecule has 0 radical (unpaired) electrons. The molecule has 5 N–H and O–H groups in total. The number of hydrogen-bond donors (Lipinski definition) is 4. The fourth-order valence-electron chi connectivity index (χ4n) is 6.70. The maximum atomic E-state index is 14.7. The molecule has 26 heteroatoms. The van der Waals surface area contributed by atoms with E-state index in [0.29, 0.717) is 68.6 Å². The van der Waals surface area contributed by atoms with E-state index in [9.17, 15) is 26.7 Å². The average Bonchev–Trinajstić information content (AvgIpc) is 3.35. The maximum absolute atomic E-state index is 14.7. The predicted molar refractivity (Wildman–Crippen MR) is 284 cm³/mol. The van der Waals surface area contributed by atoms with Crippen LogP contribution < -0.4 is 35.3 Å². The molecule has 4 heterocycles. The molecule has 6 aromatic rings. The molecule has 0 bridgehead atoms. The van der Waals surface area contributed by atoms with Crippen LogP contribution in [0.1, 0.15) is 41.0 Å². The molecule has 2 fully saturated rings. The number of benzene rings is 4. The van der Waals surface area contributed by atoms with Crippen molar-refractivity contribution >= 4 is 120 Å². The second-order valence-electron chi connectivity index (χ2n) is 16.8. The zero-order chi connectivity index (χ0) is 55.5. The van der Waals surface area contributed by atoms with Crippen LogP contribution in [0, 0.1) is 24.8 Å². The summed E-state index contributed by atoms with van der Waals surface area (Å²) in [6.07, 6.45) is -0.959. The lowest BCUT2D eigenvalue weighted by molar-refractivity contribution is -0.192. The van der Waals surface area contributed by atoms with E-state index in [1.54, 1.807) is 36.3 Å². The monoisotopic (exact) mass is 1160 g/mol. The van der Waals surface area contributed by atoms with Crippen molar-refractivity contribution in [2.75, 3.05) is 51.4 Å². The molecular weight excluding hydrogens is 1110 g/mol. The molecule has 2 saturated heterocycles. The normalized spacial score (nSPS) is 13.3. The molecule has 76 heavy (non-hydrogen) atoms. The van der Waals surface area contributed by atoms with Crippen LogP contribution in [0.15, 0.2) is 60.9 Å². The number of ether oxygens (including phenoxy) is 5. The number of alkyl halides is 3. The number of aromatic nitrogens is 2. The van der Waals surface area contributed by atoms with Gasteiger partial charge in [0.15, 0.2) is 34.6 Å². The summed E-state index contributed by atoms with van der Waals surface area (Å²) in [5.74, 6) is -2.03. The third-order valence-corrected chi connectivity index (χ3v) is 12.4.